The Hall–Kier alpha value is -4.83. The fourth-order valence-electron chi connectivity index (χ4n) is 6.00. The zero-order chi connectivity index (χ0) is 23.8. The number of benzene rings is 5. The molecular weight excluding hydrogens is 440 g/mol. The Morgan fingerprint density at radius 1 is 0.611 bits per heavy atom. The highest BCUT2D eigenvalue weighted by Crippen LogP contribution is 2.43. The SMILES string of the molecule is Nc1ccccc1/N=C1\Cn2c3ccc4c5ccccc5n(-c5ccccc5)c4c3c3cccc1c32. The molecule has 4 nitrogen and oxygen atoms in total. The lowest BCUT2D eigenvalue weighted by molar-refractivity contribution is 0.962. The maximum Gasteiger partial charge on any atom is 0.0863 e. The van der Waals surface area contributed by atoms with Gasteiger partial charge in [-0.3, -0.25) is 0 Å². The predicted octanol–water partition coefficient (Wildman–Crippen LogP) is 7.61. The van der Waals surface area contributed by atoms with Crippen LogP contribution in [0.4, 0.5) is 11.4 Å². The maximum atomic E-state index is 6.22. The van der Waals surface area contributed by atoms with Crippen molar-refractivity contribution in [2.75, 3.05) is 5.73 Å². The van der Waals surface area contributed by atoms with Gasteiger partial charge in [0, 0.05) is 32.8 Å². The fraction of sp³-hybridized carbons (Fsp3) is 0.0312. The van der Waals surface area contributed by atoms with Crippen LogP contribution in [0.1, 0.15) is 5.56 Å². The number of nitrogens with two attached hydrogens (primary N) is 1. The molecule has 0 unspecified atom stereocenters. The summed E-state index contributed by atoms with van der Waals surface area (Å²) in [4.78, 5) is 5.00. The first-order chi connectivity index (χ1) is 17.8. The molecule has 0 spiro atoms. The van der Waals surface area contributed by atoms with Crippen molar-refractivity contribution in [3.05, 3.63) is 115 Å². The molecule has 2 N–H and O–H groups in total. The van der Waals surface area contributed by atoms with Crippen LogP contribution in [0.5, 0.6) is 0 Å². The first-order valence-corrected chi connectivity index (χ1v) is 12.2. The molecule has 2 aromatic heterocycles. The van der Waals surface area contributed by atoms with E-state index in [1.165, 1.54) is 54.9 Å². The molecule has 4 heteroatoms. The quantitative estimate of drug-likeness (QED) is 0.264. The first kappa shape index (κ1) is 19.5. The molecule has 5 aromatic carbocycles. The molecule has 1 aliphatic rings. The second-order valence-electron chi connectivity index (χ2n) is 9.45. The summed E-state index contributed by atoms with van der Waals surface area (Å²) in [7, 11) is 0. The summed E-state index contributed by atoms with van der Waals surface area (Å²) in [5, 5.41) is 5.11. The van der Waals surface area contributed by atoms with Crippen LogP contribution >= 0.6 is 0 Å². The first-order valence-electron chi connectivity index (χ1n) is 12.2. The average molecular weight is 463 g/mol. The second-order valence-corrected chi connectivity index (χ2v) is 9.45. The van der Waals surface area contributed by atoms with Crippen molar-refractivity contribution in [3.63, 3.8) is 0 Å². The molecule has 36 heavy (non-hydrogen) atoms. The van der Waals surface area contributed by atoms with E-state index >= 15 is 0 Å². The van der Waals surface area contributed by atoms with Crippen LogP contribution in [0.25, 0.3) is 49.3 Å². The fourth-order valence-corrected chi connectivity index (χ4v) is 6.00. The number of nitrogen functional groups attached to an aromatic ring is 1. The number of para-hydroxylation sites is 5. The van der Waals surface area contributed by atoms with Crippen molar-refractivity contribution in [2.45, 2.75) is 6.54 Å². The van der Waals surface area contributed by atoms with Crippen LogP contribution in [0, 0.1) is 0 Å². The summed E-state index contributed by atoms with van der Waals surface area (Å²) in [6.07, 6.45) is 0. The van der Waals surface area contributed by atoms with Crippen LogP contribution < -0.4 is 5.73 Å². The van der Waals surface area contributed by atoms with E-state index in [0.29, 0.717) is 5.69 Å². The minimum atomic E-state index is 0.702. The van der Waals surface area contributed by atoms with E-state index < -0.39 is 0 Å². The van der Waals surface area contributed by atoms with Crippen molar-refractivity contribution >= 4 is 60.7 Å². The summed E-state index contributed by atoms with van der Waals surface area (Å²) >= 11 is 0. The third-order valence-corrected chi connectivity index (χ3v) is 7.51. The molecular formula is C32H22N4. The number of nitrogens with zero attached hydrogens (tertiary/aromatic N) is 3. The van der Waals surface area contributed by atoms with Crippen molar-refractivity contribution in [2.24, 2.45) is 4.99 Å². The Bertz CT molecular complexity index is 2020. The molecule has 8 rings (SSSR count). The van der Waals surface area contributed by atoms with Gasteiger partial charge in [-0.1, -0.05) is 72.8 Å². The number of hydrogen-bond acceptors (Lipinski definition) is 2. The molecule has 0 saturated heterocycles. The third kappa shape index (κ3) is 2.50. The predicted molar refractivity (Wildman–Crippen MR) is 151 cm³/mol. The molecule has 0 radical (unpaired) electrons. The molecule has 1 aliphatic heterocycles. The number of fused-ring (bicyclic) bond motifs is 7. The number of hydrogen-bond donors (Lipinski definition) is 1. The smallest absolute Gasteiger partial charge is 0.0863 e. The van der Waals surface area contributed by atoms with E-state index in [9.17, 15) is 0 Å². The van der Waals surface area contributed by atoms with E-state index in [1.54, 1.807) is 0 Å². The largest absolute Gasteiger partial charge is 0.397 e. The van der Waals surface area contributed by atoms with Crippen molar-refractivity contribution in [3.8, 4) is 5.69 Å². The van der Waals surface area contributed by atoms with E-state index in [0.717, 1.165) is 17.9 Å². The van der Waals surface area contributed by atoms with Crippen LogP contribution in [0.2, 0.25) is 0 Å². The molecule has 0 bridgehead atoms. The third-order valence-electron chi connectivity index (χ3n) is 7.51. The van der Waals surface area contributed by atoms with Gasteiger partial charge in [-0.25, -0.2) is 4.99 Å². The van der Waals surface area contributed by atoms with Gasteiger partial charge in [0.1, 0.15) is 0 Å². The van der Waals surface area contributed by atoms with E-state index in [1.807, 2.05) is 24.3 Å². The topological polar surface area (TPSA) is 48.2 Å². The molecule has 0 atom stereocenters. The van der Waals surface area contributed by atoms with E-state index in [-0.39, 0.29) is 0 Å². The van der Waals surface area contributed by atoms with Gasteiger partial charge in [-0.15, -0.1) is 0 Å². The number of anilines is 1. The van der Waals surface area contributed by atoms with Gasteiger partial charge in [0.05, 0.1) is 45.7 Å². The minimum absolute atomic E-state index is 0.702. The zero-order valence-electron chi connectivity index (χ0n) is 19.5. The molecule has 7 aromatic rings. The van der Waals surface area contributed by atoms with Gasteiger partial charge in [-0.05, 0) is 36.4 Å². The van der Waals surface area contributed by atoms with Gasteiger partial charge in [-0.2, -0.15) is 0 Å². The Kier molecular flexibility index (Phi) is 3.84. The number of aromatic nitrogens is 2. The van der Waals surface area contributed by atoms with Crippen LogP contribution in [-0.4, -0.2) is 14.8 Å². The van der Waals surface area contributed by atoms with Gasteiger partial charge >= 0.3 is 0 Å². The zero-order valence-corrected chi connectivity index (χ0v) is 19.5. The molecule has 0 fully saturated rings. The molecule has 0 aliphatic carbocycles. The van der Waals surface area contributed by atoms with Gasteiger partial charge in [0.2, 0.25) is 0 Å². The lowest BCUT2D eigenvalue weighted by atomic mass is 10.0. The Balaban J connectivity index is 1.51. The molecule has 170 valence electrons. The van der Waals surface area contributed by atoms with Gasteiger partial charge in [0.15, 0.2) is 0 Å². The molecule has 3 heterocycles. The summed E-state index contributed by atoms with van der Waals surface area (Å²) in [5.74, 6) is 0. The highest BCUT2D eigenvalue weighted by Gasteiger charge is 2.27. The lowest BCUT2D eigenvalue weighted by Gasteiger charge is -2.10. The van der Waals surface area contributed by atoms with E-state index in [4.69, 9.17) is 10.7 Å². The summed E-state index contributed by atoms with van der Waals surface area (Å²) in [5.41, 5.74) is 16.1. The van der Waals surface area contributed by atoms with Crippen molar-refractivity contribution in [1.29, 1.82) is 0 Å². The normalized spacial score (nSPS) is 14.2. The van der Waals surface area contributed by atoms with Crippen molar-refractivity contribution < 1.29 is 0 Å². The van der Waals surface area contributed by atoms with Crippen LogP contribution in [-0.2, 0) is 6.54 Å². The van der Waals surface area contributed by atoms with Crippen LogP contribution in [0.3, 0.4) is 0 Å². The second kappa shape index (κ2) is 7.09. The minimum Gasteiger partial charge on any atom is -0.397 e. The van der Waals surface area contributed by atoms with Crippen LogP contribution in [0.15, 0.2) is 114 Å². The molecule has 0 saturated carbocycles. The van der Waals surface area contributed by atoms with E-state index in [2.05, 4.69) is 94.1 Å². The standard InChI is InChI=1S/C32H22N4/c33-25-14-5-6-15-26(25)34-27-19-35-29-18-17-22-21-11-4-7-16-28(21)36(20-9-2-1-3-10-20)32(22)30(29)24-13-8-12-23(27)31(24)35/h1-18H,19,33H2/b34-27+. The summed E-state index contributed by atoms with van der Waals surface area (Å²) in [6.45, 7) is 0.727. The monoisotopic (exact) mass is 462 g/mol. The average Bonchev–Trinajstić information content (AvgIpc) is 3.56. The highest BCUT2D eigenvalue weighted by atomic mass is 15.0. The van der Waals surface area contributed by atoms with Gasteiger partial charge in [0.25, 0.3) is 0 Å². The Morgan fingerprint density at radius 2 is 1.39 bits per heavy atom. The summed E-state index contributed by atoms with van der Waals surface area (Å²) < 4.78 is 4.84. The highest BCUT2D eigenvalue weighted by molar-refractivity contribution is 6.29. The Morgan fingerprint density at radius 3 is 2.28 bits per heavy atom. The van der Waals surface area contributed by atoms with Crippen molar-refractivity contribution in [1.82, 2.24) is 9.13 Å². The number of aliphatic imine (C=N–C) groups is 1. The Labute approximate surface area is 207 Å². The lowest BCUT2D eigenvalue weighted by Crippen LogP contribution is -2.03. The number of rotatable bonds is 2. The van der Waals surface area contributed by atoms with Gasteiger partial charge < -0.3 is 14.9 Å². The maximum absolute atomic E-state index is 6.22. The molecule has 0 amide bonds. The summed E-state index contributed by atoms with van der Waals surface area (Å²) in [6, 6.07) is 38.4.